The van der Waals surface area contributed by atoms with Crippen LogP contribution in [-0.4, -0.2) is 39.4 Å². The third-order valence-electron chi connectivity index (χ3n) is 7.53. The van der Waals surface area contributed by atoms with E-state index in [1.54, 1.807) is 11.2 Å². The number of amides is 2. The molecule has 6 nitrogen and oxygen atoms in total. The van der Waals surface area contributed by atoms with Crippen LogP contribution in [0.2, 0.25) is 0 Å². The second-order valence-electron chi connectivity index (χ2n) is 9.60. The first-order valence-corrected chi connectivity index (χ1v) is 11.7. The van der Waals surface area contributed by atoms with Crippen LogP contribution in [-0.2, 0) is 11.3 Å². The number of rotatable bonds is 6. The Morgan fingerprint density at radius 3 is 2.71 bits per heavy atom. The predicted molar refractivity (Wildman–Crippen MR) is 121 cm³/mol. The fraction of sp³-hybridized carbons (Fsp3) is 0.600. The largest absolute Gasteiger partial charge is 0.463 e. The normalized spacial score (nSPS) is 28.5. The highest BCUT2D eigenvalue weighted by atomic mass is 16.3. The number of fused-ring (bicyclic) bond motifs is 1. The molecule has 4 unspecified atom stereocenters. The lowest BCUT2D eigenvalue weighted by atomic mass is 9.77. The Kier molecular flexibility index (Phi) is 6.00. The second-order valence-corrected chi connectivity index (χ2v) is 9.60. The Morgan fingerprint density at radius 2 is 2.00 bits per heavy atom. The van der Waals surface area contributed by atoms with Crippen molar-refractivity contribution in [3.05, 3.63) is 36.2 Å². The fourth-order valence-corrected chi connectivity index (χ4v) is 5.19. The number of hydrogen-bond acceptors (Lipinski definition) is 3. The minimum Gasteiger partial charge on any atom is -0.463 e. The van der Waals surface area contributed by atoms with Gasteiger partial charge in [-0.2, -0.15) is 0 Å². The molecule has 1 aliphatic heterocycles. The highest BCUT2D eigenvalue weighted by Crippen LogP contribution is 2.35. The number of nitrogens with one attached hydrogen (secondary N) is 1. The summed E-state index contributed by atoms with van der Waals surface area (Å²) in [4.78, 5) is 29.1. The van der Waals surface area contributed by atoms with Crippen LogP contribution >= 0.6 is 0 Å². The van der Waals surface area contributed by atoms with E-state index in [1.165, 1.54) is 6.42 Å². The van der Waals surface area contributed by atoms with Crippen LogP contribution in [0.15, 0.2) is 34.9 Å². The first-order valence-electron chi connectivity index (χ1n) is 11.7. The standard InChI is InChI=1S/C25H35N3O3/c1-5-6-14-28-23(29)21-13-12-20(22-11-8-15-31-22)27(21)16-25(28,4)24(30)26-19-10-7-9-17(2)18(19)3/h8,11-13,15,17-19H,5-7,9-10,14,16H2,1-4H3,(H,26,30). The molecule has 1 fully saturated rings. The number of hydrogen-bond donors (Lipinski definition) is 1. The molecule has 0 saturated heterocycles. The molecule has 2 amide bonds. The maximum absolute atomic E-state index is 13.7. The molecule has 2 aromatic heterocycles. The molecular formula is C25H35N3O3. The average molecular weight is 426 g/mol. The number of carbonyl (C=O) groups excluding carboxylic acids is 2. The van der Waals surface area contributed by atoms with E-state index in [1.807, 2.05) is 35.8 Å². The third-order valence-corrected chi connectivity index (χ3v) is 7.53. The molecule has 4 rings (SSSR count). The van der Waals surface area contributed by atoms with Gasteiger partial charge in [-0.1, -0.05) is 40.0 Å². The summed E-state index contributed by atoms with van der Waals surface area (Å²) in [6.45, 7) is 9.53. The molecule has 31 heavy (non-hydrogen) atoms. The number of carbonyl (C=O) groups is 2. The zero-order valence-corrected chi connectivity index (χ0v) is 19.2. The van der Waals surface area contributed by atoms with E-state index < -0.39 is 5.54 Å². The lowest BCUT2D eigenvalue weighted by molar-refractivity contribution is -0.134. The maximum atomic E-state index is 13.7. The predicted octanol–water partition coefficient (Wildman–Crippen LogP) is 4.70. The van der Waals surface area contributed by atoms with Crippen LogP contribution in [0, 0.1) is 11.8 Å². The Morgan fingerprint density at radius 1 is 1.23 bits per heavy atom. The highest BCUT2D eigenvalue weighted by Gasteiger charge is 2.48. The summed E-state index contributed by atoms with van der Waals surface area (Å²) in [7, 11) is 0. The fourth-order valence-electron chi connectivity index (χ4n) is 5.19. The van der Waals surface area contributed by atoms with Gasteiger partial charge in [-0.25, -0.2) is 0 Å². The lowest BCUT2D eigenvalue weighted by Crippen LogP contribution is -2.65. The number of aromatic nitrogens is 1. The Hall–Kier alpha value is -2.50. The van der Waals surface area contributed by atoms with E-state index in [4.69, 9.17) is 4.42 Å². The summed E-state index contributed by atoms with van der Waals surface area (Å²) in [5.41, 5.74) is 0.509. The van der Waals surface area contributed by atoms with E-state index in [2.05, 4.69) is 26.1 Å². The van der Waals surface area contributed by atoms with Crippen molar-refractivity contribution in [2.24, 2.45) is 11.8 Å². The number of nitrogens with zero attached hydrogens (tertiary/aromatic N) is 2. The third kappa shape index (κ3) is 3.81. The molecule has 1 N–H and O–H groups in total. The van der Waals surface area contributed by atoms with E-state index in [0.717, 1.165) is 31.4 Å². The Bertz CT molecular complexity index is 932. The molecule has 2 aromatic rings. The van der Waals surface area contributed by atoms with E-state index in [0.29, 0.717) is 36.4 Å². The summed E-state index contributed by atoms with van der Waals surface area (Å²) in [5.74, 6) is 1.61. The molecule has 0 bridgehead atoms. The van der Waals surface area contributed by atoms with Gasteiger partial charge in [0.15, 0.2) is 0 Å². The van der Waals surface area contributed by atoms with Gasteiger partial charge in [0, 0.05) is 12.6 Å². The van der Waals surface area contributed by atoms with Crippen LogP contribution in [0.1, 0.15) is 70.3 Å². The number of furan rings is 1. The van der Waals surface area contributed by atoms with Crippen LogP contribution in [0.4, 0.5) is 0 Å². The van der Waals surface area contributed by atoms with Crippen LogP contribution in [0.25, 0.3) is 11.5 Å². The molecule has 0 spiro atoms. The number of unbranched alkanes of at least 4 members (excludes halogenated alkanes) is 1. The molecule has 4 atom stereocenters. The highest BCUT2D eigenvalue weighted by molar-refractivity contribution is 6.00. The van der Waals surface area contributed by atoms with Gasteiger partial charge in [-0.3, -0.25) is 9.59 Å². The topological polar surface area (TPSA) is 67.5 Å². The van der Waals surface area contributed by atoms with E-state index >= 15 is 0 Å². The first-order chi connectivity index (χ1) is 14.9. The second kappa shape index (κ2) is 8.56. The van der Waals surface area contributed by atoms with E-state index in [9.17, 15) is 9.59 Å². The van der Waals surface area contributed by atoms with Crippen molar-refractivity contribution in [2.45, 2.75) is 77.9 Å². The van der Waals surface area contributed by atoms with Crippen molar-refractivity contribution >= 4 is 11.8 Å². The SMILES string of the molecule is CCCCN1C(=O)c2ccc(-c3ccco3)n2CC1(C)C(=O)NC1CCCC(C)C1C. The van der Waals surface area contributed by atoms with Crippen molar-refractivity contribution in [2.75, 3.05) is 6.54 Å². The average Bonchev–Trinajstić information content (AvgIpc) is 3.41. The summed E-state index contributed by atoms with van der Waals surface area (Å²) in [5, 5.41) is 3.34. The zero-order valence-electron chi connectivity index (χ0n) is 19.2. The van der Waals surface area contributed by atoms with Gasteiger partial charge in [0.1, 0.15) is 17.0 Å². The quantitative estimate of drug-likeness (QED) is 0.729. The first kappa shape index (κ1) is 21.7. The molecule has 1 aliphatic carbocycles. The molecule has 6 heteroatoms. The molecular weight excluding hydrogens is 390 g/mol. The molecule has 168 valence electrons. The van der Waals surface area contributed by atoms with Gasteiger partial charge in [0.05, 0.1) is 18.5 Å². The van der Waals surface area contributed by atoms with E-state index in [-0.39, 0.29) is 17.9 Å². The lowest BCUT2D eigenvalue weighted by Gasteiger charge is -2.46. The Balaban J connectivity index is 1.67. The van der Waals surface area contributed by atoms with Crippen LogP contribution in [0.3, 0.4) is 0 Å². The maximum Gasteiger partial charge on any atom is 0.271 e. The minimum absolute atomic E-state index is 0.0485. The minimum atomic E-state index is -0.944. The zero-order chi connectivity index (χ0) is 22.2. The van der Waals surface area contributed by atoms with Crippen molar-refractivity contribution in [1.82, 2.24) is 14.8 Å². The van der Waals surface area contributed by atoms with Gasteiger partial charge in [-0.15, -0.1) is 0 Å². The molecule has 2 aliphatic rings. The summed E-state index contributed by atoms with van der Waals surface area (Å²) < 4.78 is 7.56. The molecule has 0 aromatic carbocycles. The van der Waals surface area contributed by atoms with Crippen LogP contribution < -0.4 is 5.32 Å². The summed E-state index contributed by atoms with van der Waals surface area (Å²) in [6, 6.07) is 7.65. The molecule has 0 radical (unpaired) electrons. The van der Waals surface area contributed by atoms with Crippen molar-refractivity contribution in [1.29, 1.82) is 0 Å². The molecule has 3 heterocycles. The van der Waals surface area contributed by atoms with Gasteiger partial charge in [0.2, 0.25) is 5.91 Å². The van der Waals surface area contributed by atoms with Gasteiger partial charge in [-0.05, 0) is 55.9 Å². The van der Waals surface area contributed by atoms with Gasteiger partial charge >= 0.3 is 0 Å². The monoisotopic (exact) mass is 425 g/mol. The van der Waals surface area contributed by atoms with Crippen molar-refractivity contribution in [3.8, 4) is 11.5 Å². The smallest absolute Gasteiger partial charge is 0.271 e. The molecule has 1 saturated carbocycles. The summed E-state index contributed by atoms with van der Waals surface area (Å²) in [6.07, 6.45) is 6.82. The van der Waals surface area contributed by atoms with Gasteiger partial charge < -0.3 is 19.2 Å². The summed E-state index contributed by atoms with van der Waals surface area (Å²) >= 11 is 0. The van der Waals surface area contributed by atoms with Crippen molar-refractivity contribution in [3.63, 3.8) is 0 Å². The Labute approximate surface area is 185 Å². The van der Waals surface area contributed by atoms with Crippen LogP contribution in [0.5, 0.6) is 0 Å². The van der Waals surface area contributed by atoms with Crippen molar-refractivity contribution < 1.29 is 14.0 Å². The van der Waals surface area contributed by atoms with Gasteiger partial charge in [0.25, 0.3) is 5.91 Å².